The number of nitrogens with one attached hydrogen (secondary N) is 1. The van der Waals surface area contributed by atoms with E-state index in [-0.39, 0.29) is 16.3 Å². The van der Waals surface area contributed by atoms with E-state index in [2.05, 4.69) is 6.92 Å². The summed E-state index contributed by atoms with van der Waals surface area (Å²) in [7, 11) is -0.448. The molecule has 1 rings (SSSR count). The summed E-state index contributed by atoms with van der Waals surface area (Å²) in [5.41, 5.74) is 0.945. The largest absolute Gasteiger partial charge is 0.345 e. The van der Waals surface area contributed by atoms with Crippen molar-refractivity contribution < 1.29 is 17.8 Å². The third-order valence-electron chi connectivity index (χ3n) is 5.05. The molecular formula is C21H34F2N4O2S. The topological polar surface area (TPSA) is 92.2 Å². The summed E-state index contributed by atoms with van der Waals surface area (Å²) in [6.45, 7) is 4.63. The number of rotatable bonds is 11. The Labute approximate surface area is 178 Å². The number of nitrogens with zero attached hydrogens (tertiary/aromatic N) is 2. The summed E-state index contributed by atoms with van der Waals surface area (Å²) in [6, 6.07) is 0. The minimum atomic E-state index is -3.52. The lowest BCUT2D eigenvalue weighted by Gasteiger charge is -2.19. The Bertz CT molecular complexity index is 914. The van der Waals surface area contributed by atoms with Gasteiger partial charge in [0.25, 0.3) is 5.91 Å². The van der Waals surface area contributed by atoms with Crippen LogP contribution in [0.2, 0.25) is 0 Å². The van der Waals surface area contributed by atoms with E-state index in [1.807, 2.05) is 0 Å². The van der Waals surface area contributed by atoms with Gasteiger partial charge < -0.3 is 9.47 Å². The van der Waals surface area contributed by atoms with E-state index in [1.54, 1.807) is 7.05 Å². The van der Waals surface area contributed by atoms with E-state index in [0.29, 0.717) is 12.0 Å². The van der Waals surface area contributed by atoms with Gasteiger partial charge in [-0.3, -0.25) is 4.79 Å². The summed E-state index contributed by atoms with van der Waals surface area (Å²) in [6.07, 6.45) is 9.10. The van der Waals surface area contributed by atoms with Crippen molar-refractivity contribution in [3.63, 3.8) is 0 Å². The molecule has 0 aliphatic carbocycles. The van der Waals surface area contributed by atoms with Gasteiger partial charge in [0.15, 0.2) is 5.83 Å². The molecule has 1 amide bonds. The molecule has 1 aromatic heterocycles. The SMILES string of the molecule is CCCCCCCCc1c(S(=N)(N)=O)cn(C)c1C(=O)N(C)/C(C)=C/C(F)=C(\C)F. The van der Waals surface area contributed by atoms with Crippen molar-refractivity contribution in [1.29, 1.82) is 4.78 Å². The van der Waals surface area contributed by atoms with E-state index in [1.165, 1.54) is 36.1 Å². The molecule has 0 radical (unpaired) electrons. The number of aromatic nitrogens is 1. The van der Waals surface area contributed by atoms with Crippen molar-refractivity contribution in [1.82, 2.24) is 9.47 Å². The van der Waals surface area contributed by atoms with Crippen LogP contribution in [0.25, 0.3) is 0 Å². The molecule has 30 heavy (non-hydrogen) atoms. The molecular weight excluding hydrogens is 410 g/mol. The van der Waals surface area contributed by atoms with E-state index < -0.39 is 27.5 Å². The van der Waals surface area contributed by atoms with Crippen LogP contribution in [0.4, 0.5) is 8.78 Å². The Morgan fingerprint density at radius 3 is 2.33 bits per heavy atom. The Morgan fingerprint density at radius 1 is 1.23 bits per heavy atom. The normalized spacial score (nSPS) is 15.0. The zero-order valence-corrected chi connectivity index (χ0v) is 19.4. The van der Waals surface area contributed by atoms with Crippen LogP contribution in [0.1, 0.15) is 75.3 Å². The molecule has 1 aromatic rings. The molecule has 1 atom stereocenters. The first kappa shape index (κ1) is 26.0. The van der Waals surface area contributed by atoms with E-state index in [0.717, 1.165) is 45.1 Å². The second-order valence-corrected chi connectivity index (χ2v) is 9.22. The van der Waals surface area contributed by atoms with Crippen molar-refractivity contribution in [2.75, 3.05) is 7.05 Å². The number of hydrogen-bond donors (Lipinski definition) is 2. The van der Waals surface area contributed by atoms with Crippen LogP contribution in [-0.4, -0.2) is 26.6 Å². The molecule has 0 saturated heterocycles. The van der Waals surface area contributed by atoms with Crippen molar-refractivity contribution in [3.8, 4) is 0 Å². The maximum Gasteiger partial charge on any atom is 0.274 e. The molecule has 0 spiro atoms. The molecule has 170 valence electrons. The fourth-order valence-electron chi connectivity index (χ4n) is 3.21. The van der Waals surface area contributed by atoms with E-state index in [4.69, 9.17) is 9.92 Å². The number of halogens is 2. The van der Waals surface area contributed by atoms with E-state index >= 15 is 0 Å². The highest BCUT2D eigenvalue weighted by Crippen LogP contribution is 2.26. The molecule has 6 nitrogen and oxygen atoms in total. The van der Waals surface area contributed by atoms with Gasteiger partial charge in [0.1, 0.15) is 21.4 Å². The fourth-order valence-corrected chi connectivity index (χ4v) is 4.09. The van der Waals surface area contributed by atoms with Gasteiger partial charge in [0, 0.05) is 31.6 Å². The van der Waals surface area contributed by atoms with Crippen LogP contribution in [0.5, 0.6) is 0 Å². The molecule has 0 aromatic carbocycles. The smallest absolute Gasteiger partial charge is 0.274 e. The molecule has 1 unspecified atom stereocenters. The first-order chi connectivity index (χ1) is 13.9. The maximum atomic E-state index is 13.6. The van der Waals surface area contributed by atoms with Gasteiger partial charge in [0.05, 0.1) is 4.90 Å². The number of allylic oxidation sites excluding steroid dienone is 4. The lowest BCUT2D eigenvalue weighted by molar-refractivity contribution is 0.0826. The van der Waals surface area contributed by atoms with Crippen LogP contribution >= 0.6 is 0 Å². The maximum absolute atomic E-state index is 13.6. The summed E-state index contributed by atoms with van der Waals surface area (Å²) in [4.78, 5) is 14.5. The van der Waals surface area contributed by atoms with Crippen molar-refractivity contribution >= 4 is 15.8 Å². The number of nitrogens with two attached hydrogens (primary N) is 1. The Kier molecular flexibility index (Phi) is 9.90. The minimum Gasteiger partial charge on any atom is -0.345 e. The second kappa shape index (κ2) is 11.4. The lowest BCUT2D eigenvalue weighted by Crippen LogP contribution is -2.28. The van der Waals surface area contributed by atoms with Gasteiger partial charge in [-0.2, -0.15) is 0 Å². The molecule has 3 N–H and O–H groups in total. The van der Waals surface area contributed by atoms with E-state index in [9.17, 15) is 17.8 Å². The van der Waals surface area contributed by atoms with Gasteiger partial charge in [-0.25, -0.2) is 22.9 Å². The summed E-state index contributed by atoms with van der Waals surface area (Å²) >= 11 is 0. The highest BCUT2D eigenvalue weighted by molar-refractivity contribution is 7.90. The average molecular weight is 445 g/mol. The van der Waals surface area contributed by atoms with Gasteiger partial charge in [0.2, 0.25) is 0 Å². The molecule has 0 aliphatic heterocycles. The molecule has 0 aliphatic rings. The van der Waals surface area contributed by atoms with Crippen LogP contribution in [0.3, 0.4) is 0 Å². The second-order valence-electron chi connectivity index (χ2n) is 7.58. The fraction of sp³-hybridized carbons (Fsp3) is 0.571. The standard InChI is InChI=1S/C21H34F2N4O2S/c1-6-7-8-9-10-11-12-17-19(30(24,25)29)14-26(4)20(17)21(28)27(5)15(2)13-18(23)16(3)22/h13-14H,6-12H2,1-5H3,(H3,24,25,29)/b15-13+,18-16-. The van der Waals surface area contributed by atoms with Gasteiger partial charge in [-0.1, -0.05) is 39.0 Å². The third kappa shape index (κ3) is 7.05. The van der Waals surface area contributed by atoms with Crippen molar-refractivity contribution in [2.24, 2.45) is 12.2 Å². The molecule has 9 heteroatoms. The Morgan fingerprint density at radius 2 is 1.80 bits per heavy atom. The number of unbranched alkanes of at least 4 members (excludes halogenated alkanes) is 5. The number of amides is 1. The van der Waals surface area contributed by atoms with Crippen molar-refractivity contribution in [3.05, 3.63) is 40.9 Å². The summed E-state index contributed by atoms with van der Waals surface area (Å²) in [5.74, 6) is -2.49. The lowest BCUT2D eigenvalue weighted by atomic mass is 10.0. The highest BCUT2D eigenvalue weighted by atomic mass is 32.2. The number of aryl methyl sites for hydroxylation is 1. The minimum absolute atomic E-state index is 0.141. The first-order valence-corrected chi connectivity index (χ1v) is 11.8. The van der Waals surface area contributed by atoms with Crippen LogP contribution in [-0.2, 0) is 23.4 Å². The van der Waals surface area contributed by atoms with Crippen molar-refractivity contribution in [2.45, 2.75) is 70.6 Å². The quantitative estimate of drug-likeness (QED) is 0.355. The van der Waals surface area contributed by atoms with Gasteiger partial charge in [-0.15, -0.1) is 0 Å². The third-order valence-corrected chi connectivity index (χ3v) is 6.06. The van der Waals surface area contributed by atoms with Crippen LogP contribution < -0.4 is 5.14 Å². The Balaban J connectivity index is 3.23. The average Bonchev–Trinajstić information content (AvgIpc) is 2.99. The zero-order chi connectivity index (χ0) is 23.1. The monoisotopic (exact) mass is 444 g/mol. The Hall–Kier alpha value is -2.00. The first-order valence-electron chi connectivity index (χ1n) is 10.1. The van der Waals surface area contributed by atoms with Gasteiger partial charge >= 0.3 is 0 Å². The number of carbonyl (C=O) groups is 1. The highest BCUT2D eigenvalue weighted by Gasteiger charge is 2.26. The molecule has 1 heterocycles. The number of carbonyl (C=O) groups excluding carboxylic acids is 1. The molecule has 0 bridgehead atoms. The summed E-state index contributed by atoms with van der Waals surface area (Å²) in [5, 5.41) is 5.59. The summed E-state index contributed by atoms with van der Waals surface area (Å²) < 4.78 is 48.3. The predicted molar refractivity (Wildman–Crippen MR) is 117 cm³/mol. The molecule has 0 fully saturated rings. The van der Waals surface area contributed by atoms with Crippen LogP contribution in [0, 0.1) is 4.78 Å². The number of hydrogen-bond acceptors (Lipinski definition) is 3. The molecule has 0 saturated carbocycles. The predicted octanol–water partition coefficient (Wildman–Crippen LogP) is 5.35. The van der Waals surface area contributed by atoms with Crippen LogP contribution in [0.15, 0.2) is 34.5 Å². The zero-order valence-electron chi connectivity index (χ0n) is 18.6. The van der Waals surface area contributed by atoms with Gasteiger partial charge in [-0.05, 0) is 32.8 Å².